The van der Waals surface area contributed by atoms with Gasteiger partial charge in [-0.05, 0) is 30.7 Å². The van der Waals surface area contributed by atoms with Gasteiger partial charge in [0.15, 0.2) is 5.69 Å². The molecular weight excluding hydrogens is 397 g/mol. The molecule has 0 radical (unpaired) electrons. The van der Waals surface area contributed by atoms with Gasteiger partial charge in [0.25, 0.3) is 5.91 Å². The number of rotatable bonds is 6. The summed E-state index contributed by atoms with van der Waals surface area (Å²) in [6.07, 6.45) is -3.51. The first-order valence-corrected chi connectivity index (χ1v) is 9.09. The van der Waals surface area contributed by atoms with Gasteiger partial charge in [-0.3, -0.25) is 14.3 Å². The quantitative estimate of drug-likeness (QED) is 0.637. The molecule has 0 aliphatic rings. The molecule has 1 heterocycles. The van der Waals surface area contributed by atoms with Gasteiger partial charge < -0.3 is 10.6 Å². The van der Waals surface area contributed by atoms with E-state index < -0.39 is 24.3 Å². The molecule has 1 atom stereocenters. The molecule has 3 aromatic rings. The van der Waals surface area contributed by atoms with Crippen LogP contribution in [0.3, 0.4) is 0 Å². The van der Waals surface area contributed by atoms with Gasteiger partial charge in [0, 0.05) is 6.20 Å². The maximum absolute atomic E-state index is 12.7. The lowest BCUT2D eigenvalue weighted by Crippen LogP contribution is -2.28. The van der Waals surface area contributed by atoms with Crippen molar-refractivity contribution in [3.05, 3.63) is 83.7 Å². The number of para-hydroxylation sites is 1. The number of halogens is 3. The van der Waals surface area contributed by atoms with Gasteiger partial charge in [-0.25, -0.2) is 0 Å². The Morgan fingerprint density at radius 3 is 2.37 bits per heavy atom. The van der Waals surface area contributed by atoms with E-state index in [1.54, 1.807) is 24.3 Å². The molecule has 1 aromatic heterocycles. The summed E-state index contributed by atoms with van der Waals surface area (Å²) in [5, 5.41) is 8.77. The number of alkyl halides is 3. The van der Waals surface area contributed by atoms with E-state index in [4.69, 9.17) is 0 Å². The highest BCUT2D eigenvalue weighted by atomic mass is 19.4. The zero-order valence-electron chi connectivity index (χ0n) is 16.0. The van der Waals surface area contributed by atoms with E-state index in [2.05, 4.69) is 15.7 Å². The van der Waals surface area contributed by atoms with Gasteiger partial charge in [-0.2, -0.15) is 18.3 Å². The van der Waals surface area contributed by atoms with E-state index in [1.807, 2.05) is 37.3 Å². The highest BCUT2D eigenvalue weighted by Gasteiger charge is 2.33. The van der Waals surface area contributed by atoms with Gasteiger partial charge in [0.05, 0.1) is 17.3 Å². The molecule has 156 valence electrons. The van der Waals surface area contributed by atoms with E-state index in [9.17, 15) is 22.8 Å². The minimum Gasteiger partial charge on any atom is -0.345 e. The maximum atomic E-state index is 12.7. The van der Waals surface area contributed by atoms with Crippen molar-refractivity contribution < 1.29 is 22.8 Å². The monoisotopic (exact) mass is 416 g/mol. The molecule has 0 unspecified atom stereocenters. The second-order valence-electron chi connectivity index (χ2n) is 6.60. The van der Waals surface area contributed by atoms with Gasteiger partial charge in [0.2, 0.25) is 5.91 Å². The number of carbonyl (C=O) groups excluding carboxylic acids is 2. The number of hydrogen-bond acceptors (Lipinski definition) is 3. The molecule has 0 saturated carbocycles. The third-order valence-corrected chi connectivity index (χ3v) is 4.33. The average molecular weight is 416 g/mol. The lowest BCUT2D eigenvalue weighted by atomic mass is 10.1. The predicted molar refractivity (Wildman–Crippen MR) is 105 cm³/mol. The number of nitrogens with one attached hydrogen (secondary N) is 2. The summed E-state index contributed by atoms with van der Waals surface area (Å²) in [7, 11) is 0. The predicted octanol–water partition coefficient (Wildman–Crippen LogP) is 4.03. The van der Waals surface area contributed by atoms with Crippen molar-refractivity contribution in [3.63, 3.8) is 0 Å². The highest BCUT2D eigenvalue weighted by molar-refractivity contribution is 6.03. The summed E-state index contributed by atoms with van der Waals surface area (Å²) in [5.74, 6) is -0.996. The lowest BCUT2D eigenvalue weighted by molar-refractivity contribution is -0.141. The summed E-state index contributed by atoms with van der Waals surface area (Å²) in [6, 6.07) is 16.3. The van der Waals surface area contributed by atoms with Crippen molar-refractivity contribution in [2.45, 2.75) is 25.7 Å². The first-order valence-electron chi connectivity index (χ1n) is 9.09. The second kappa shape index (κ2) is 8.81. The van der Waals surface area contributed by atoms with Crippen LogP contribution in [0.5, 0.6) is 0 Å². The molecule has 2 N–H and O–H groups in total. The number of amides is 2. The van der Waals surface area contributed by atoms with Crippen LogP contribution in [-0.2, 0) is 17.5 Å². The van der Waals surface area contributed by atoms with Gasteiger partial charge in [0.1, 0.15) is 6.54 Å². The fourth-order valence-electron chi connectivity index (χ4n) is 2.83. The third-order valence-electron chi connectivity index (χ3n) is 4.33. The molecule has 3 rings (SSSR count). The van der Waals surface area contributed by atoms with Crippen LogP contribution in [0.2, 0.25) is 0 Å². The van der Waals surface area contributed by atoms with E-state index in [-0.39, 0.29) is 23.2 Å². The molecule has 2 amide bonds. The molecule has 6 nitrogen and oxygen atoms in total. The molecule has 0 aliphatic carbocycles. The SMILES string of the molecule is C[C@@H](NC(=O)c1ccccc1NC(=O)Cn1ccc(C(F)(F)F)n1)c1ccccc1. The lowest BCUT2D eigenvalue weighted by Gasteiger charge is -2.16. The molecular formula is C21H19F3N4O2. The van der Waals surface area contributed by atoms with E-state index in [0.717, 1.165) is 22.5 Å². The van der Waals surface area contributed by atoms with E-state index in [0.29, 0.717) is 0 Å². The van der Waals surface area contributed by atoms with Crippen LogP contribution >= 0.6 is 0 Å². The Kier molecular flexibility index (Phi) is 6.20. The Balaban J connectivity index is 1.68. The van der Waals surface area contributed by atoms with Gasteiger partial charge in [-0.15, -0.1) is 0 Å². The van der Waals surface area contributed by atoms with Crippen LogP contribution < -0.4 is 10.6 Å². The van der Waals surface area contributed by atoms with Crippen molar-refractivity contribution >= 4 is 17.5 Å². The zero-order valence-corrected chi connectivity index (χ0v) is 16.0. The molecule has 9 heteroatoms. The second-order valence-corrected chi connectivity index (χ2v) is 6.60. The van der Waals surface area contributed by atoms with Crippen molar-refractivity contribution in [2.75, 3.05) is 5.32 Å². The Hall–Kier alpha value is -3.62. The summed E-state index contributed by atoms with van der Waals surface area (Å²) >= 11 is 0. The number of benzene rings is 2. The van der Waals surface area contributed by atoms with Crippen LogP contribution in [0.15, 0.2) is 66.9 Å². The Bertz CT molecular complexity index is 1030. The topological polar surface area (TPSA) is 76.0 Å². The molecule has 2 aromatic carbocycles. The van der Waals surface area contributed by atoms with Crippen LogP contribution in [-0.4, -0.2) is 21.6 Å². The third kappa shape index (κ3) is 5.25. The first-order chi connectivity index (χ1) is 14.2. The van der Waals surface area contributed by atoms with Crippen LogP contribution in [0.4, 0.5) is 18.9 Å². The minimum atomic E-state index is -4.58. The van der Waals surface area contributed by atoms with Crippen molar-refractivity contribution in [1.29, 1.82) is 0 Å². The summed E-state index contributed by atoms with van der Waals surface area (Å²) in [6.45, 7) is 1.41. The summed E-state index contributed by atoms with van der Waals surface area (Å²) < 4.78 is 38.8. The average Bonchev–Trinajstić information content (AvgIpc) is 3.18. The molecule has 0 spiro atoms. The largest absolute Gasteiger partial charge is 0.435 e. The fraction of sp³-hybridized carbons (Fsp3) is 0.190. The summed E-state index contributed by atoms with van der Waals surface area (Å²) in [5.41, 5.74) is 0.338. The standard InChI is InChI=1S/C21H19F3N4O2/c1-14(15-7-3-2-4-8-15)25-20(30)16-9-5-6-10-17(16)26-19(29)13-28-12-11-18(27-28)21(22,23)24/h2-12,14H,13H2,1H3,(H,25,30)(H,26,29)/t14-/m1/s1. The number of nitrogens with zero attached hydrogens (tertiary/aromatic N) is 2. The van der Waals surface area contributed by atoms with Crippen molar-refractivity contribution in [1.82, 2.24) is 15.1 Å². The maximum Gasteiger partial charge on any atom is 0.435 e. The number of carbonyl (C=O) groups is 2. The Morgan fingerprint density at radius 2 is 1.70 bits per heavy atom. The normalized spacial score (nSPS) is 12.3. The highest BCUT2D eigenvalue weighted by Crippen LogP contribution is 2.27. The number of hydrogen-bond donors (Lipinski definition) is 2. The van der Waals surface area contributed by atoms with Crippen molar-refractivity contribution in [3.8, 4) is 0 Å². The molecule has 0 fully saturated rings. The van der Waals surface area contributed by atoms with Crippen LogP contribution in [0.25, 0.3) is 0 Å². The van der Waals surface area contributed by atoms with Crippen molar-refractivity contribution in [2.24, 2.45) is 0 Å². The minimum absolute atomic E-state index is 0.241. The van der Waals surface area contributed by atoms with E-state index >= 15 is 0 Å². The summed E-state index contributed by atoms with van der Waals surface area (Å²) in [4.78, 5) is 25.0. The molecule has 0 bridgehead atoms. The molecule has 30 heavy (non-hydrogen) atoms. The number of anilines is 1. The van der Waals surface area contributed by atoms with Crippen LogP contribution in [0.1, 0.15) is 34.6 Å². The molecule has 0 aliphatic heterocycles. The smallest absolute Gasteiger partial charge is 0.345 e. The first kappa shape index (κ1) is 21.1. The molecule has 0 saturated heterocycles. The van der Waals surface area contributed by atoms with Crippen LogP contribution in [0, 0.1) is 0 Å². The Labute approximate surface area is 170 Å². The van der Waals surface area contributed by atoms with Gasteiger partial charge >= 0.3 is 6.18 Å². The van der Waals surface area contributed by atoms with Gasteiger partial charge in [-0.1, -0.05) is 42.5 Å². The van der Waals surface area contributed by atoms with E-state index in [1.165, 1.54) is 0 Å². The zero-order chi connectivity index (χ0) is 21.7. The number of aromatic nitrogens is 2. The fourth-order valence-corrected chi connectivity index (χ4v) is 2.83. The Morgan fingerprint density at radius 1 is 1.03 bits per heavy atom.